The first-order chi connectivity index (χ1) is 8.25. The van der Waals surface area contributed by atoms with Crippen LogP contribution in [0.25, 0.3) is 0 Å². The van der Waals surface area contributed by atoms with Crippen molar-refractivity contribution < 1.29 is 24.2 Å². The number of aliphatic hydroxyl groups is 1. The number of rotatable bonds is 4. The molecular formula is C12H21NO5. The Labute approximate surface area is 107 Å². The summed E-state index contributed by atoms with van der Waals surface area (Å²) in [6.45, 7) is 6.96. The summed E-state index contributed by atoms with van der Waals surface area (Å²) in [7, 11) is 0. The molecule has 0 heterocycles. The van der Waals surface area contributed by atoms with Gasteiger partial charge in [-0.15, -0.1) is 0 Å². The third-order valence-corrected chi connectivity index (χ3v) is 2.69. The van der Waals surface area contributed by atoms with Crippen LogP contribution in [-0.2, 0) is 14.3 Å². The molecule has 0 spiro atoms. The molecular weight excluding hydrogens is 238 g/mol. The van der Waals surface area contributed by atoms with Crippen molar-refractivity contribution in [1.82, 2.24) is 5.32 Å². The van der Waals surface area contributed by atoms with Gasteiger partial charge in [0.25, 0.3) is 0 Å². The van der Waals surface area contributed by atoms with Crippen molar-refractivity contribution >= 4 is 12.1 Å². The van der Waals surface area contributed by atoms with E-state index in [1.165, 1.54) is 0 Å². The molecule has 0 radical (unpaired) electrons. The Hall–Kier alpha value is -1.30. The summed E-state index contributed by atoms with van der Waals surface area (Å²) >= 11 is 0. The molecule has 2 N–H and O–H groups in total. The minimum Gasteiger partial charge on any atom is -0.464 e. The van der Waals surface area contributed by atoms with Gasteiger partial charge in [-0.3, -0.25) is 0 Å². The number of aliphatic hydroxyl groups excluding tert-OH is 1. The van der Waals surface area contributed by atoms with Crippen molar-refractivity contribution in [2.75, 3.05) is 13.2 Å². The molecule has 2 atom stereocenters. The Bertz CT molecular complexity index is 336. The van der Waals surface area contributed by atoms with E-state index in [4.69, 9.17) is 14.6 Å². The fraction of sp³-hybridized carbons (Fsp3) is 0.833. The van der Waals surface area contributed by atoms with Gasteiger partial charge in [0, 0.05) is 12.5 Å². The number of ether oxygens (including phenoxy) is 2. The first kappa shape index (κ1) is 14.8. The molecule has 1 aliphatic carbocycles. The number of hydrogen-bond acceptors (Lipinski definition) is 5. The number of carbonyl (C=O) groups excluding carboxylic acids is 2. The second kappa shape index (κ2) is 5.14. The van der Waals surface area contributed by atoms with Gasteiger partial charge in [-0.25, -0.2) is 9.59 Å². The standard InChI is InChI=1S/C12H21NO5/c1-5-17-9(15)12(6-8(12)7-14)13-10(16)18-11(2,3)4/h8,14H,5-7H2,1-4H3,(H,13,16). The van der Waals surface area contributed by atoms with Crippen molar-refractivity contribution in [1.29, 1.82) is 0 Å². The van der Waals surface area contributed by atoms with Crippen molar-refractivity contribution in [3.05, 3.63) is 0 Å². The summed E-state index contributed by atoms with van der Waals surface area (Å²) < 4.78 is 10.0. The van der Waals surface area contributed by atoms with Gasteiger partial charge in [0.05, 0.1) is 6.61 Å². The van der Waals surface area contributed by atoms with E-state index in [1.54, 1.807) is 27.7 Å². The minimum atomic E-state index is -1.12. The van der Waals surface area contributed by atoms with Gasteiger partial charge in [0.2, 0.25) is 0 Å². The second-order valence-electron chi connectivity index (χ2n) is 5.40. The zero-order valence-corrected chi connectivity index (χ0v) is 11.3. The quantitative estimate of drug-likeness (QED) is 0.730. The van der Waals surface area contributed by atoms with Gasteiger partial charge in [-0.05, 0) is 34.1 Å². The molecule has 0 aromatic heterocycles. The third kappa shape index (κ3) is 3.35. The Morgan fingerprint density at radius 1 is 1.44 bits per heavy atom. The smallest absolute Gasteiger partial charge is 0.408 e. The first-order valence-electron chi connectivity index (χ1n) is 6.04. The van der Waals surface area contributed by atoms with E-state index in [9.17, 15) is 9.59 Å². The molecule has 1 saturated carbocycles. The Morgan fingerprint density at radius 3 is 2.44 bits per heavy atom. The molecule has 6 nitrogen and oxygen atoms in total. The molecule has 0 aromatic rings. The summed E-state index contributed by atoms with van der Waals surface area (Å²) in [5, 5.41) is 11.6. The summed E-state index contributed by atoms with van der Waals surface area (Å²) in [6, 6.07) is 0. The Morgan fingerprint density at radius 2 is 2.06 bits per heavy atom. The monoisotopic (exact) mass is 259 g/mol. The van der Waals surface area contributed by atoms with E-state index in [1.807, 2.05) is 0 Å². The number of carbonyl (C=O) groups is 2. The minimum absolute atomic E-state index is 0.172. The molecule has 0 aliphatic heterocycles. The van der Waals surface area contributed by atoms with E-state index < -0.39 is 23.2 Å². The van der Waals surface area contributed by atoms with Crippen molar-refractivity contribution in [2.45, 2.75) is 45.3 Å². The van der Waals surface area contributed by atoms with Crippen LogP contribution in [0.4, 0.5) is 4.79 Å². The van der Waals surface area contributed by atoms with Crippen molar-refractivity contribution in [2.24, 2.45) is 5.92 Å². The Balaban J connectivity index is 2.65. The van der Waals surface area contributed by atoms with Crippen LogP contribution in [0.15, 0.2) is 0 Å². The molecule has 18 heavy (non-hydrogen) atoms. The number of alkyl carbamates (subject to hydrolysis) is 1. The lowest BCUT2D eigenvalue weighted by Gasteiger charge is -2.23. The molecule has 1 fully saturated rings. The lowest BCUT2D eigenvalue weighted by molar-refractivity contribution is -0.147. The fourth-order valence-corrected chi connectivity index (χ4v) is 1.75. The van der Waals surface area contributed by atoms with Crippen molar-refractivity contribution in [3.63, 3.8) is 0 Å². The molecule has 1 aliphatic rings. The third-order valence-electron chi connectivity index (χ3n) is 2.69. The predicted molar refractivity (Wildman–Crippen MR) is 63.9 cm³/mol. The Kier molecular flexibility index (Phi) is 4.21. The predicted octanol–water partition coefficient (Wildman–Crippen LogP) is 0.825. The molecule has 1 rings (SSSR count). The van der Waals surface area contributed by atoms with Crippen LogP contribution < -0.4 is 5.32 Å². The summed E-state index contributed by atoms with van der Waals surface area (Å²) in [5.74, 6) is -0.820. The van der Waals surface area contributed by atoms with E-state index >= 15 is 0 Å². The summed E-state index contributed by atoms with van der Waals surface area (Å²) in [5.41, 5.74) is -1.75. The first-order valence-corrected chi connectivity index (χ1v) is 6.04. The fourth-order valence-electron chi connectivity index (χ4n) is 1.75. The van der Waals surface area contributed by atoms with Crippen LogP contribution in [0.2, 0.25) is 0 Å². The number of nitrogens with one attached hydrogen (secondary N) is 1. The number of amides is 1. The summed E-state index contributed by atoms with van der Waals surface area (Å²) in [4.78, 5) is 23.5. The average molecular weight is 259 g/mol. The largest absolute Gasteiger partial charge is 0.464 e. The van der Waals surface area contributed by atoms with Crippen LogP contribution in [0, 0.1) is 5.92 Å². The normalized spacial score (nSPS) is 26.4. The number of esters is 1. The maximum Gasteiger partial charge on any atom is 0.408 e. The molecule has 1 amide bonds. The van der Waals surface area contributed by atoms with E-state index in [-0.39, 0.29) is 19.1 Å². The topological polar surface area (TPSA) is 84.9 Å². The maximum absolute atomic E-state index is 11.8. The zero-order chi connectivity index (χ0) is 14.0. The summed E-state index contributed by atoms with van der Waals surface area (Å²) in [6.07, 6.45) is -0.298. The lowest BCUT2D eigenvalue weighted by atomic mass is 10.2. The van der Waals surface area contributed by atoms with Gasteiger partial charge in [-0.2, -0.15) is 0 Å². The molecule has 104 valence electrons. The van der Waals surface area contributed by atoms with Gasteiger partial charge < -0.3 is 19.9 Å². The van der Waals surface area contributed by atoms with Gasteiger partial charge >= 0.3 is 12.1 Å². The van der Waals surface area contributed by atoms with Crippen molar-refractivity contribution in [3.8, 4) is 0 Å². The lowest BCUT2D eigenvalue weighted by Crippen LogP contribution is -2.48. The van der Waals surface area contributed by atoms with Crippen LogP contribution in [-0.4, -0.2) is 41.5 Å². The van der Waals surface area contributed by atoms with Crippen LogP contribution in [0.3, 0.4) is 0 Å². The van der Waals surface area contributed by atoms with E-state index in [0.717, 1.165) is 0 Å². The van der Waals surface area contributed by atoms with E-state index in [0.29, 0.717) is 6.42 Å². The zero-order valence-electron chi connectivity index (χ0n) is 11.3. The van der Waals surface area contributed by atoms with Crippen LogP contribution >= 0.6 is 0 Å². The highest BCUT2D eigenvalue weighted by molar-refractivity contribution is 5.89. The SMILES string of the molecule is CCOC(=O)C1(NC(=O)OC(C)(C)C)CC1CO. The van der Waals surface area contributed by atoms with Crippen LogP contribution in [0.5, 0.6) is 0 Å². The molecule has 0 bridgehead atoms. The van der Waals surface area contributed by atoms with Crippen LogP contribution in [0.1, 0.15) is 34.1 Å². The molecule has 6 heteroatoms. The van der Waals surface area contributed by atoms with Gasteiger partial charge in [0.1, 0.15) is 11.1 Å². The molecule has 2 unspecified atom stereocenters. The van der Waals surface area contributed by atoms with Gasteiger partial charge in [0.15, 0.2) is 0 Å². The molecule has 0 aromatic carbocycles. The highest BCUT2D eigenvalue weighted by Gasteiger charge is 2.62. The number of hydrogen-bond donors (Lipinski definition) is 2. The highest BCUT2D eigenvalue weighted by atomic mass is 16.6. The average Bonchev–Trinajstić information content (AvgIpc) is 2.90. The molecule has 0 saturated heterocycles. The second-order valence-corrected chi connectivity index (χ2v) is 5.40. The van der Waals surface area contributed by atoms with E-state index in [2.05, 4.69) is 5.32 Å². The van der Waals surface area contributed by atoms with Gasteiger partial charge in [-0.1, -0.05) is 0 Å². The highest BCUT2D eigenvalue weighted by Crippen LogP contribution is 2.44. The maximum atomic E-state index is 11.8.